The molecule has 0 radical (unpaired) electrons. The summed E-state index contributed by atoms with van der Waals surface area (Å²) >= 11 is 3.39. The maximum absolute atomic E-state index is 12.2. The fraction of sp³-hybridized carbons (Fsp3) is 0.188. The van der Waals surface area contributed by atoms with Crippen LogP contribution in [0.3, 0.4) is 0 Å². The van der Waals surface area contributed by atoms with Gasteiger partial charge in [0.25, 0.3) is 5.91 Å². The number of carbonyl (C=O) groups is 1. The molecule has 0 unspecified atom stereocenters. The van der Waals surface area contributed by atoms with Gasteiger partial charge >= 0.3 is 0 Å². The number of para-hydroxylation sites is 1. The average Bonchev–Trinajstić information content (AvgIpc) is 2.48. The van der Waals surface area contributed by atoms with Gasteiger partial charge in [-0.1, -0.05) is 19.1 Å². The van der Waals surface area contributed by atoms with Gasteiger partial charge in [-0.3, -0.25) is 4.79 Å². The largest absolute Gasteiger partial charge is 0.491 e. The zero-order valence-corrected chi connectivity index (χ0v) is 13.3. The van der Waals surface area contributed by atoms with E-state index in [0.29, 0.717) is 29.3 Å². The van der Waals surface area contributed by atoms with E-state index in [-0.39, 0.29) is 5.91 Å². The van der Waals surface area contributed by atoms with Crippen LogP contribution >= 0.6 is 15.9 Å². The van der Waals surface area contributed by atoms with Gasteiger partial charge in [0.05, 0.1) is 18.0 Å². The highest BCUT2D eigenvalue weighted by atomic mass is 79.9. The molecule has 0 aliphatic carbocycles. The standard InChI is InChI=1S/C16H17BrN2O2/c1-2-9-21-15-8-7-11(10-13(15)18)16(20)19-14-6-4-3-5-12(14)17/h3-8,10H,2,9,18H2,1H3,(H,19,20). The van der Waals surface area contributed by atoms with Crippen LogP contribution in [0, 0.1) is 0 Å². The molecule has 0 bridgehead atoms. The van der Waals surface area contributed by atoms with Crippen LogP contribution in [-0.2, 0) is 0 Å². The van der Waals surface area contributed by atoms with Gasteiger partial charge in [-0.15, -0.1) is 0 Å². The molecule has 2 aromatic carbocycles. The first-order valence-electron chi connectivity index (χ1n) is 6.70. The van der Waals surface area contributed by atoms with E-state index in [4.69, 9.17) is 10.5 Å². The molecule has 1 amide bonds. The van der Waals surface area contributed by atoms with E-state index >= 15 is 0 Å². The molecule has 0 saturated heterocycles. The topological polar surface area (TPSA) is 64.3 Å². The predicted octanol–water partition coefficient (Wildman–Crippen LogP) is 4.07. The summed E-state index contributed by atoms with van der Waals surface area (Å²) in [5, 5.41) is 2.83. The Bertz CT molecular complexity index is 644. The summed E-state index contributed by atoms with van der Waals surface area (Å²) in [4.78, 5) is 12.2. The number of ether oxygens (including phenoxy) is 1. The Kier molecular flexibility index (Phi) is 5.22. The molecule has 0 aromatic heterocycles. The average molecular weight is 349 g/mol. The molecule has 21 heavy (non-hydrogen) atoms. The van der Waals surface area contributed by atoms with Crippen molar-refractivity contribution in [3.8, 4) is 5.75 Å². The van der Waals surface area contributed by atoms with Gasteiger partial charge in [0.2, 0.25) is 0 Å². The van der Waals surface area contributed by atoms with Gasteiger partial charge in [0.15, 0.2) is 0 Å². The molecule has 110 valence electrons. The first kappa shape index (κ1) is 15.4. The molecule has 0 fully saturated rings. The molecule has 0 heterocycles. The van der Waals surface area contributed by atoms with Crippen molar-refractivity contribution in [3.05, 3.63) is 52.5 Å². The molecule has 0 aliphatic rings. The quantitative estimate of drug-likeness (QED) is 0.800. The molecule has 3 N–H and O–H groups in total. The SMILES string of the molecule is CCCOc1ccc(C(=O)Nc2ccccc2Br)cc1N. The van der Waals surface area contributed by atoms with E-state index in [0.717, 1.165) is 10.9 Å². The Morgan fingerprint density at radius 1 is 1.29 bits per heavy atom. The normalized spacial score (nSPS) is 10.2. The fourth-order valence-electron chi connectivity index (χ4n) is 1.79. The molecular weight excluding hydrogens is 332 g/mol. The second-order valence-electron chi connectivity index (χ2n) is 4.54. The van der Waals surface area contributed by atoms with Crippen molar-refractivity contribution in [2.24, 2.45) is 0 Å². The summed E-state index contributed by atoms with van der Waals surface area (Å²) in [7, 11) is 0. The third-order valence-electron chi connectivity index (χ3n) is 2.86. The minimum atomic E-state index is -0.212. The van der Waals surface area contributed by atoms with E-state index in [1.165, 1.54) is 0 Å². The van der Waals surface area contributed by atoms with Crippen molar-refractivity contribution in [1.82, 2.24) is 0 Å². The van der Waals surface area contributed by atoms with Crippen LogP contribution in [0.4, 0.5) is 11.4 Å². The summed E-state index contributed by atoms with van der Waals surface area (Å²) in [6.07, 6.45) is 0.906. The van der Waals surface area contributed by atoms with Crippen molar-refractivity contribution < 1.29 is 9.53 Å². The van der Waals surface area contributed by atoms with Crippen molar-refractivity contribution in [2.75, 3.05) is 17.7 Å². The lowest BCUT2D eigenvalue weighted by Crippen LogP contribution is -2.13. The first-order chi connectivity index (χ1) is 10.1. The Labute approximate surface area is 132 Å². The number of hydrogen-bond acceptors (Lipinski definition) is 3. The van der Waals surface area contributed by atoms with Crippen LogP contribution in [0.15, 0.2) is 46.9 Å². The van der Waals surface area contributed by atoms with Crippen LogP contribution in [-0.4, -0.2) is 12.5 Å². The van der Waals surface area contributed by atoms with Crippen LogP contribution < -0.4 is 15.8 Å². The monoisotopic (exact) mass is 348 g/mol. The highest BCUT2D eigenvalue weighted by Gasteiger charge is 2.10. The maximum Gasteiger partial charge on any atom is 0.255 e. The third kappa shape index (κ3) is 3.98. The van der Waals surface area contributed by atoms with Crippen molar-refractivity contribution >= 4 is 33.2 Å². The van der Waals surface area contributed by atoms with Crippen molar-refractivity contribution in [2.45, 2.75) is 13.3 Å². The van der Waals surface area contributed by atoms with Crippen molar-refractivity contribution in [1.29, 1.82) is 0 Å². The highest BCUT2D eigenvalue weighted by Crippen LogP contribution is 2.25. The highest BCUT2D eigenvalue weighted by molar-refractivity contribution is 9.10. The van der Waals surface area contributed by atoms with Gasteiger partial charge in [0.1, 0.15) is 5.75 Å². The summed E-state index contributed by atoms with van der Waals surface area (Å²) < 4.78 is 6.32. The molecule has 0 atom stereocenters. The minimum Gasteiger partial charge on any atom is -0.491 e. The number of halogens is 1. The Morgan fingerprint density at radius 3 is 2.71 bits per heavy atom. The number of carbonyl (C=O) groups excluding carboxylic acids is 1. The molecule has 5 heteroatoms. The van der Waals surface area contributed by atoms with Gasteiger partial charge in [-0.2, -0.15) is 0 Å². The number of benzene rings is 2. The number of anilines is 2. The Hall–Kier alpha value is -2.01. The third-order valence-corrected chi connectivity index (χ3v) is 3.55. The lowest BCUT2D eigenvalue weighted by Gasteiger charge is -2.10. The molecule has 4 nitrogen and oxygen atoms in total. The molecule has 0 saturated carbocycles. The molecule has 2 rings (SSSR count). The Morgan fingerprint density at radius 2 is 2.05 bits per heavy atom. The van der Waals surface area contributed by atoms with E-state index in [2.05, 4.69) is 21.2 Å². The van der Waals surface area contributed by atoms with E-state index in [1.54, 1.807) is 18.2 Å². The minimum absolute atomic E-state index is 0.212. The van der Waals surface area contributed by atoms with Crippen LogP contribution in [0.2, 0.25) is 0 Å². The van der Waals surface area contributed by atoms with Crippen LogP contribution in [0.25, 0.3) is 0 Å². The number of amides is 1. The second-order valence-corrected chi connectivity index (χ2v) is 5.39. The number of nitrogens with two attached hydrogens (primary N) is 1. The zero-order chi connectivity index (χ0) is 15.2. The number of nitrogens with one attached hydrogen (secondary N) is 1. The van der Waals surface area contributed by atoms with Gasteiger partial charge < -0.3 is 15.8 Å². The Balaban J connectivity index is 2.13. The molecular formula is C16H17BrN2O2. The van der Waals surface area contributed by atoms with Crippen LogP contribution in [0.5, 0.6) is 5.75 Å². The lowest BCUT2D eigenvalue weighted by molar-refractivity contribution is 0.102. The summed E-state index contributed by atoms with van der Waals surface area (Å²) in [6, 6.07) is 12.5. The zero-order valence-electron chi connectivity index (χ0n) is 11.7. The number of hydrogen-bond donors (Lipinski definition) is 2. The maximum atomic E-state index is 12.2. The summed E-state index contributed by atoms with van der Waals surface area (Å²) in [6.45, 7) is 2.63. The van der Waals surface area contributed by atoms with Gasteiger partial charge in [0, 0.05) is 10.0 Å². The summed E-state index contributed by atoms with van der Waals surface area (Å²) in [5.74, 6) is 0.393. The first-order valence-corrected chi connectivity index (χ1v) is 7.49. The van der Waals surface area contributed by atoms with Gasteiger partial charge in [-0.25, -0.2) is 0 Å². The predicted molar refractivity (Wildman–Crippen MR) is 88.7 cm³/mol. The van der Waals surface area contributed by atoms with Gasteiger partial charge in [-0.05, 0) is 52.7 Å². The lowest BCUT2D eigenvalue weighted by atomic mass is 10.1. The molecule has 0 aliphatic heterocycles. The smallest absolute Gasteiger partial charge is 0.255 e. The van der Waals surface area contributed by atoms with E-state index in [1.807, 2.05) is 31.2 Å². The van der Waals surface area contributed by atoms with Crippen LogP contribution in [0.1, 0.15) is 23.7 Å². The van der Waals surface area contributed by atoms with E-state index in [9.17, 15) is 4.79 Å². The molecule has 0 spiro atoms. The van der Waals surface area contributed by atoms with Crippen molar-refractivity contribution in [3.63, 3.8) is 0 Å². The number of rotatable bonds is 5. The number of nitrogen functional groups attached to an aromatic ring is 1. The fourth-order valence-corrected chi connectivity index (χ4v) is 2.17. The van der Waals surface area contributed by atoms with E-state index < -0.39 is 0 Å². The molecule has 2 aromatic rings. The summed E-state index contributed by atoms with van der Waals surface area (Å²) in [5.41, 5.74) is 7.58. The second kappa shape index (κ2) is 7.13.